The van der Waals surface area contributed by atoms with Gasteiger partial charge in [0.1, 0.15) is 11.7 Å². The number of rotatable bonds is 5. The number of ether oxygens (including phenoxy) is 1. The van der Waals surface area contributed by atoms with Crippen molar-refractivity contribution in [1.82, 2.24) is 0 Å². The zero-order valence-electron chi connectivity index (χ0n) is 11.7. The zero-order chi connectivity index (χ0) is 14.6. The Morgan fingerprint density at radius 3 is 2.42 bits per heavy atom. The molecule has 3 nitrogen and oxygen atoms in total. The Hall–Kier alpha value is -1.71. The molecule has 0 aliphatic carbocycles. The molecule has 0 aliphatic rings. The Bertz CT molecular complexity index is 480. The van der Waals surface area contributed by atoms with Crippen LogP contribution in [0.4, 0.5) is 4.39 Å². The van der Waals surface area contributed by atoms with Crippen LogP contribution >= 0.6 is 0 Å². The van der Waals surface area contributed by atoms with Gasteiger partial charge in [-0.05, 0) is 43.5 Å². The summed E-state index contributed by atoms with van der Waals surface area (Å²) in [7, 11) is 0. The summed E-state index contributed by atoms with van der Waals surface area (Å²) in [5, 5.41) is 0. The molecule has 0 fully saturated rings. The number of hydrogen-bond acceptors (Lipinski definition) is 3. The summed E-state index contributed by atoms with van der Waals surface area (Å²) in [6.07, 6.45) is 0. The van der Waals surface area contributed by atoms with Crippen molar-refractivity contribution in [3.8, 4) is 0 Å². The fourth-order valence-electron chi connectivity index (χ4n) is 1.89. The van der Waals surface area contributed by atoms with Crippen LogP contribution in [0.2, 0.25) is 0 Å². The van der Waals surface area contributed by atoms with Crippen molar-refractivity contribution in [2.24, 2.45) is 11.8 Å². The minimum Gasteiger partial charge on any atom is -0.465 e. The number of carbonyl (C=O) groups is 2. The minimum atomic E-state index is -0.843. The van der Waals surface area contributed by atoms with E-state index in [1.165, 1.54) is 18.2 Å². The number of benzene rings is 1. The van der Waals surface area contributed by atoms with Crippen molar-refractivity contribution in [2.45, 2.75) is 27.7 Å². The van der Waals surface area contributed by atoms with Crippen molar-refractivity contribution < 1.29 is 18.7 Å². The lowest BCUT2D eigenvalue weighted by molar-refractivity contribution is -0.147. The number of halogens is 1. The SMILES string of the molecule is CCOC(=O)C(C(=O)c1ccc(F)c(C)c1)C(C)C. The van der Waals surface area contributed by atoms with E-state index >= 15 is 0 Å². The van der Waals surface area contributed by atoms with Gasteiger partial charge < -0.3 is 4.74 Å². The van der Waals surface area contributed by atoms with Gasteiger partial charge in [0.2, 0.25) is 0 Å². The van der Waals surface area contributed by atoms with Crippen LogP contribution in [-0.2, 0) is 9.53 Å². The quantitative estimate of drug-likeness (QED) is 0.467. The Kier molecular flexibility index (Phi) is 5.21. The molecule has 1 unspecified atom stereocenters. The first-order chi connectivity index (χ1) is 8.88. The van der Waals surface area contributed by atoms with Crippen LogP contribution in [0, 0.1) is 24.6 Å². The molecular formula is C15H19FO3. The highest BCUT2D eigenvalue weighted by atomic mass is 19.1. The monoisotopic (exact) mass is 266 g/mol. The van der Waals surface area contributed by atoms with Crippen LogP contribution in [0.25, 0.3) is 0 Å². The van der Waals surface area contributed by atoms with Gasteiger partial charge in [-0.25, -0.2) is 4.39 Å². The van der Waals surface area contributed by atoms with Crippen molar-refractivity contribution in [2.75, 3.05) is 6.61 Å². The van der Waals surface area contributed by atoms with E-state index in [4.69, 9.17) is 4.74 Å². The highest BCUT2D eigenvalue weighted by Crippen LogP contribution is 2.20. The Morgan fingerprint density at radius 2 is 1.95 bits per heavy atom. The highest BCUT2D eigenvalue weighted by Gasteiger charge is 2.32. The molecule has 0 radical (unpaired) electrons. The molecule has 104 valence electrons. The van der Waals surface area contributed by atoms with Crippen molar-refractivity contribution >= 4 is 11.8 Å². The van der Waals surface area contributed by atoms with Gasteiger partial charge in [0.05, 0.1) is 6.61 Å². The molecule has 4 heteroatoms. The van der Waals surface area contributed by atoms with Crippen molar-refractivity contribution in [3.05, 3.63) is 35.1 Å². The molecule has 0 saturated heterocycles. The molecule has 0 amide bonds. The first-order valence-corrected chi connectivity index (χ1v) is 6.35. The minimum absolute atomic E-state index is 0.170. The summed E-state index contributed by atoms with van der Waals surface area (Å²) in [6.45, 7) is 7.09. The third kappa shape index (κ3) is 3.63. The van der Waals surface area contributed by atoms with E-state index in [0.29, 0.717) is 11.1 Å². The fourth-order valence-corrected chi connectivity index (χ4v) is 1.89. The van der Waals surface area contributed by atoms with E-state index in [-0.39, 0.29) is 24.1 Å². The maximum absolute atomic E-state index is 13.2. The molecule has 0 N–H and O–H groups in total. The Morgan fingerprint density at radius 1 is 1.32 bits per heavy atom. The lowest BCUT2D eigenvalue weighted by Gasteiger charge is -2.18. The second-order valence-corrected chi connectivity index (χ2v) is 4.80. The summed E-state index contributed by atoms with van der Waals surface area (Å²) < 4.78 is 18.1. The molecule has 0 aromatic heterocycles. The summed E-state index contributed by atoms with van der Waals surface area (Å²) in [4.78, 5) is 24.2. The zero-order valence-corrected chi connectivity index (χ0v) is 11.7. The van der Waals surface area contributed by atoms with Crippen LogP contribution in [0.3, 0.4) is 0 Å². The molecule has 0 spiro atoms. The average molecular weight is 266 g/mol. The number of Topliss-reactive ketones (excluding diaryl/α,β-unsaturated/α-hetero) is 1. The van der Waals surface area contributed by atoms with Crippen molar-refractivity contribution in [3.63, 3.8) is 0 Å². The molecule has 0 saturated carbocycles. The Labute approximate surface area is 112 Å². The van der Waals surface area contributed by atoms with Crippen LogP contribution in [-0.4, -0.2) is 18.4 Å². The van der Waals surface area contributed by atoms with Gasteiger partial charge in [0.25, 0.3) is 0 Å². The third-order valence-electron chi connectivity index (χ3n) is 2.93. The highest BCUT2D eigenvalue weighted by molar-refractivity contribution is 6.08. The smallest absolute Gasteiger partial charge is 0.317 e. The standard InChI is InChI=1S/C15H19FO3/c1-5-19-15(18)13(9(2)3)14(17)11-6-7-12(16)10(4)8-11/h6-9,13H,5H2,1-4H3. The van der Waals surface area contributed by atoms with E-state index in [1.54, 1.807) is 27.7 Å². The fraction of sp³-hybridized carbons (Fsp3) is 0.467. The largest absolute Gasteiger partial charge is 0.465 e. The molecular weight excluding hydrogens is 247 g/mol. The third-order valence-corrected chi connectivity index (χ3v) is 2.93. The van der Waals surface area contributed by atoms with Crippen molar-refractivity contribution in [1.29, 1.82) is 0 Å². The van der Waals surface area contributed by atoms with Gasteiger partial charge >= 0.3 is 5.97 Å². The second kappa shape index (κ2) is 6.45. The van der Waals surface area contributed by atoms with E-state index in [9.17, 15) is 14.0 Å². The molecule has 1 aromatic carbocycles. The predicted octanol–water partition coefficient (Wildman–Crippen LogP) is 3.15. The van der Waals surface area contributed by atoms with E-state index in [1.807, 2.05) is 0 Å². The molecule has 0 aliphatic heterocycles. The molecule has 1 rings (SSSR count). The number of carbonyl (C=O) groups excluding carboxylic acids is 2. The second-order valence-electron chi connectivity index (χ2n) is 4.80. The van der Waals surface area contributed by atoms with Gasteiger partial charge in [-0.3, -0.25) is 9.59 Å². The van der Waals surface area contributed by atoms with Gasteiger partial charge in [0, 0.05) is 5.56 Å². The predicted molar refractivity (Wildman–Crippen MR) is 70.4 cm³/mol. The van der Waals surface area contributed by atoms with Gasteiger partial charge in [-0.1, -0.05) is 13.8 Å². The summed E-state index contributed by atoms with van der Waals surface area (Å²) >= 11 is 0. The summed E-state index contributed by atoms with van der Waals surface area (Å²) in [5.74, 6) is -2.23. The first kappa shape index (κ1) is 15.3. The van der Waals surface area contributed by atoms with Gasteiger partial charge in [-0.15, -0.1) is 0 Å². The van der Waals surface area contributed by atoms with Crippen LogP contribution < -0.4 is 0 Å². The molecule has 1 aromatic rings. The molecule has 19 heavy (non-hydrogen) atoms. The van der Waals surface area contributed by atoms with Crippen LogP contribution in [0.5, 0.6) is 0 Å². The molecule has 0 heterocycles. The van der Waals surface area contributed by atoms with Gasteiger partial charge in [0.15, 0.2) is 5.78 Å². The lowest BCUT2D eigenvalue weighted by atomic mass is 9.87. The number of ketones is 1. The number of aryl methyl sites for hydroxylation is 1. The molecule has 1 atom stereocenters. The topological polar surface area (TPSA) is 43.4 Å². The maximum Gasteiger partial charge on any atom is 0.317 e. The number of esters is 1. The summed E-state index contributed by atoms with van der Waals surface area (Å²) in [5.41, 5.74) is 0.725. The Balaban J connectivity index is 3.05. The van der Waals surface area contributed by atoms with E-state index in [0.717, 1.165) is 0 Å². The number of hydrogen-bond donors (Lipinski definition) is 0. The summed E-state index contributed by atoms with van der Waals surface area (Å²) in [6, 6.07) is 4.11. The normalized spacial score (nSPS) is 12.3. The van der Waals surface area contributed by atoms with Crippen LogP contribution in [0.15, 0.2) is 18.2 Å². The first-order valence-electron chi connectivity index (χ1n) is 6.35. The van der Waals surface area contributed by atoms with E-state index < -0.39 is 11.9 Å². The average Bonchev–Trinajstić information content (AvgIpc) is 2.32. The molecule has 0 bridgehead atoms. The van der Waals surface area contributed by atoms with Gasteiger partial charge in [-0.2, -0.15) is 0 Å². The lowest BCUT2D eigenvalue weighted by Crippen LogP contribution is -2.30. The van der Waals surface area contributed by atoms with E-state index in [2.05, 4.69) is 0 Å². The maximum atomic E-state index is 13.2. The van der Waals surface area contributed by atoms with Crippen LogP contribution in [0.1, 0.15) is 36.7 Å².